The summed E-state index contributed by atoms with van der Waals surface area (Å²) in [6, 6.07) is 10.8. The van der Waals surface area contributed by atoms with Gasteiger partial charge in [-0.3, -0.25) is 4.79 Å². The van der Waals surface area contributed by atoms with E-state index in [1.165, 1.54) is 0 Å². The second kappa shape index (κ2) is 5.52. The molecule has 0 aliphatic heterocycles. The van der Waals surface area contributed by atoms with Crippen LogP contribution in [-0.4, -0.2) is 22.5 Å². The molecule has 0 aliphatic carbocycles. The van der Waals surface area contributed by atoms with Crippen LogP contribution in [0, 0.1) is 6.92 Å². The molecule has 5 nitrogen and oxygen atoms in total. The summed E-state index contributed by atoms with van der Waals surface area (Å²) in [5.41, 5.74) is 2.47. The van der Waals surface area contributed by atoms with Crippen LogP contribution in [-0.2, 0) is 4.74 Å². The third kappa shape index (κ3) is 2.30. The minimum Gasteiger partial charge on any atom is -0.462 e. The van der Waals surface area contributed by atoms with Crippen LogP contribution in [0.1, 0.15) is 23.0 Å². The molecule has 0 saturated heterocycles. The minimum atomic E-state index is -0.614. The van der Waals surface area contributed by atoms with Crippen LogP contribution < -0.4 is 5.43 Å². The van der Waals surface area contributed by atoms with E-state index in [9.17, 15) is 9.59 Å². The van der Waals surface area contributed by atoms with Crippen molar-refractivity contribution < 1.29 is 9.53 Å². The molecule has 0 unspecified atom stereocenters. The van der Waals surface area contributed by atoms with Crippen LogP contribution in [0.5, 0.6) is 0 Å². The Hall–Kier alpha value is -2.82. The molecule has 0 radical (unpaired) electrons. The van der Waals surface area contributed by atoms with Crippen molar-refractivity contribution in [2.45, 2.75) is 13.8 Å². The number of nitrogens with one attached hydrogen (secondary N) is 2. The van der Waals surface area contributed by atoms with Crippen molar-refractivity contribution in [1.29, 1.82) is 0 Å². The maximum absolute atomic E-state index is 12.7. The lowest BCUT2D eigenvalue weighted by atomic mass is 10.1. The first-order chi connectivity index (χ1) is 10.6. The number of ether oxygens (including phenoxy) is 1. The lowest BCUT2D eigenvalue weighted by Gasteiger charge is -2.09. The molecule has 1 aromatic carbocycles. The van der Waals surface area contributed by atoms with Gasteiger partial charge in [0.05, 0.1) is 18.0 Å². The first-order valence-electron chi connectivity index (χ1n) is 7.10. The molecular weight excluding hydrogens is 280 g/mol. The highest BCUT2D eigenvalue weighted by Gasteiger charge is 2.21. The zero-order valence-corrected chi connectivity index (χ0v) is 12.4. The molecule has 0 bridgehead atoms. The number of benzene rings is 1. The number of aromatic amines is 2. The number of hydrogen-bond donors (Lipinski definition) is 2. The first-order valence-corrected chi connectivity index (χ1v) is 7.10. The summed E-state index contributed by atoms with van der Waals surface area (Å²) in [7, 11) is 0. The molecule has 5 heteroatoms. The topological polar surface area (TPSA) is 75.0 Å². The summed E-state index contributed by atoms with van der Waals surface area (Å²) < 4.78 is 5.05. The number of fused-ring (bicyclic) bond motifs is 1. The summed E-state index contributed by atoms with van der Waals surface area (Å²) >= 11 is 0. The van der Waals surface area contributed by atoms with Crippen molar-refractivity contribution in [3.63, 3.8) is 0 Å². The maximum Gasteiger partial charge on any atom is 0.344 e. The van der Waals surface area contributed by atoms with Crippen molar-refractivity contribution in [3.05, 3.63) is 57.9 Å². The molecule has 0 amide bonds. The average molecular weight is 296 g/mol. The van der Waals surface area contributed by atoms with E-state index in [0.717, 1.165) is 5.69 Å². The van der Waals surface area contributed by atoms with Crippen LogP contribution in [0.25, 0.3) is 22.3 Å². The summed E-state index contributed by atoms with van der Waals surface area (Å²) in [4.78, 5) is 31.3. The third-order valence-corrected chi connectivity index (χ3v) is 3.49. The lowest BCUT2D eigenvalue weighted by Crippen LogP contribution is -2.20. The zero-order chi connectivity index (χ0) is 15.7. The Morgan fingerprint density at radius 1 is 1.14 bits per heavy atom. The monoisotopic (exact) mass is 296 g/mol. The maximum atomic E-state index is 12.7. The Bertz CT molecular complexity index is 906. The average Bonchev–Trinajstić information content (AvgIpc) is 2.94. The van der Waals surface area contributed by atoms with Gasteiger partial charge in [-0.15, -0.1) is 0 Å². The number of pyridine rings is 1. The highest BCUT2D eigenvalue weighted by Crippen LogP contribution is 2.22. The van der Waals surface area contributed by atoms with Gasteiger partial charge in [-0.05, 0) is 38.1 Å². The molecule has 2 N–H and O–H groups in total. The molecule has 2 aromatic heterocycles. The first kappa shape index (κ1) is 14.1. The van der Waals surface area contributed by atoms with Crippen molar-refractivity contribution in [2.75, 3.05) is 6.61 Å². The Kier molecular flexibility index (Phi) is 3.55. The van der Waals surface area contributed by atoms with Gasteiger partial charge in [0.25, 0.3) is 0 Å². The van der Waals surface area contributed by atoms with Gasteiger partial charge < -0.3 is 14.7 Å². The molecule has 112 valence electrons. The van der Waals surface area contributed by atoms with Gasteiger partial charge in [-0.25, -0.2) is 4.79 Å². The standard InChI is InChI=1S/C17H16N2O3/c1-3-22-17(21)14-15(13-9-8-10(2)18-13)19-12-7-5-4-6-11(12)16(14)20/h4-9,18H,3H2,1-2H3,(H,19,20). The van der Waals surface area contributed by atoms with E-state index in [2.05, 4.69) is 9.97 Å². The highest BCUT2D eigenvalue weighted by molar-refractivity contribution is 5.99. The Morgan fingerprint density at radius 2 is 1.91 bits per heavy atom. The Morgan fingerprint density at radius 3 is 2.59 bits per heavy atom. The van der Waals surface area contributed by atoms with Crippen LogP contribution in [0.2, 0.25) is 0 Å². The molecule has 22 heavy (non-hydrogen) atoms. The molecule has 2 heterocycles. The summed E-state index contributed by atoms with van der Waals surface area (Å²) in [6.07, 6.45) is 0. The van der Waals surface area contributed by atoms with Crippen molar-refractivity contribution in [2.24, 2.45) is 0 Å². The van der Waals surface area contributed by atoms with Gasteiger partial charge in [0.1, 0.15) is 5.56 Å². The lowest BCUT2D eigenvalue weighted by molar-refractivity contribution is 0.0525. The van der Waals surface area contributed by atoms with Crippen LogP contribution >= 0.6 is 0 Å². The number of carbonyl (C=O) groups excluding carboxylic acids is 1. The minimum absolute atomic E-state index is 0.0300. The second-order valence-electron chi connectivity index (χ2n) is 5.03. The van der Waals surface area contributed by atoms with E-state index < -0.39 is 5.97 Å². The SMILES string of the molecule is CCOC(=O)c1c(-c2ccc(C)[nH]2)[nH]c2ccccc2c1=O. The van der Waals surface area contributed by atoms with Gasteiger partial charge >= 0.3 is 5.97 Å². The largest absolute Gasteiger partial charge is 0.462 e. The Labute approximate surface area is 126 Å². The molecule has 0 aliphatic rings. The van der Waals surface area contributed by atoms with Crippen LogP contribution in [0.15, 0.2) is 41.2 Å². The number of aromatic nitrogens is 2. The molecule has 0 saturated carbocycles. The number of rotatable bonds is 3. The third-order valence-electron chi connectivity index (χ3n) is 3.49. The molecular formula is C17H16N2O3. The van der Waals surface area contributed by atoms with E-state index in [4.69, 9.17) is 4.74 Å². The molecule has 3 aromatic rings. The predicted molar refractivity (Wildman–Crippen MR) is 85.0 cm³/mol. The van der Waals surface area contributed by atoms with Gasteiger partial charge in [0.2, 0.25) is 5.43 Å². The van der Waals surface area contributed by atoms with Crippen molar-refractivity contribution >= 4 is 16.9 Å². The van der Waals surface area contributed by atoms with E-state index in [1.807, 2.05) is 31.2 Å². The fourth-order valence-electron chi connectivity index (χ4n) is 2.49. The van der Waals surface area contributed by atoms with E-state index in [-0.39, 0.29) is 17.6 Å². The van der Waals surface area contributed by atoms with Crippen molar-refractivity contribution in [1.82, 2.24) is 9.97 Å². The normalized spacial score (nSPS) is 10.8. The molecule has 0 fully saturated rings. The van der Waals surface area contributed by atoms with Crippen LogP contribution in [0.4, 0.5) is 0 Å². The number of aryl methyl sites for hydroxylation is 1. The molecule has 3 rings (SSSR count). The second-order valence-corrected chi connectivity index (χ2v) is 5.03. The quantitative estimate of drug-likeness (QED) is 0.730. The zero-order valence-electron chi connectivity index (χ0n) is 12.4. The highest BCUT2D eigenvalue weighted by atomic mass is 16.5. The summed E-state index contributed by atoms with van der Waals surface area (Å²) in [6.45, 7) is 3.84. The fraction of sp³-hybridized carbons (Fsp3) is 0.176. The van der Waals surface area contributed by atoms with E-state index >= 15 is 0 Å². The number of carbonyl (C=O) groups is 1. The summed E-state index contributed by atoms with van der Waals surface area (Å²) in [5.74, 6) is -0.614. The predicted octanol–water partition coefficient (Wildman–Crippen LogP) is 3.01. The summed E-state index contributed by atoms with van der Waals surface area (Å²) in [5, 5.41) is 0.470. The number of para-hydroxylation sites is 1. The van der Waals surface area contributed by atoms with Gasteiger partial charge in [0, 0.05) is 16.6 Å². The Balaban J connectivity index is 2.35. The molecule has 0 spiro atoms. The van der Waals surface area contributed by atoms with Gasteiger partial charge in [-0.1, -0.05) is 12.1 Å². The fourth-order valence-corrected chi connectivity index (χ4v) is 2.49. The van der Waals surface area contributed by atoms with E-state index in [1.54, 1.807) is 19.1 Å². The van der Waals surface area contributed by atoms with Gasteiger partial charge in [0.15, 0.2) is 0 Å². The van der Waals surface area contributed by atoms with Crippen molar-refractivity contribution in [3.8, 4) is 11.4 Å². The number of H-pyrrole nitrogens is 2. The number of esters is 1. The van der Waals surface area contributed by atoms with Gasteiger partial charge in [-0.2, -0.15) is 0 Å². The molecule has 0 atom stereocenters. The smallest absolute Gasteiger partial charge is 0.344 e. The van der Waals surface area contributed by atoms with Crippen LogP contribution in [0.3, 0.4) is 0 Å². The number of hydrogen-bond acceptors (Lipinski definition) is 3. The van der Waals surface area contributed by atoms with E-state index in [0.29, 0.717) is 22.3 Å².